The summed E-state index contributed by atoms with van der Waals surface area (Å²) in [6, 6.07) is 3.67. The molecule has 0 aliphatic heterocycles. The third-order valence-corrected chi connectivity index (χ3v) is 4.01. The Bertz CT molecular complexity index is 555. The Morgan fingerprint density at radius 3 is 2.75 bits per heavy atom. The molecule has 2 N–H and O–H groups in total. The van der Waals surface area contributed by atoms with Gasteiger partial charge in [-0.05, 0) is 31.0 Å². The summed E-state index contributed by atoms with van der Waals surface area (Å²) in [6.07, 6.45) is 4.30. The van der Waals surface area contributed by atoms with E-state index >= 15 is 0 Å². The van der Waals surface area contributed by atoms with Gasteiger partial charge in [-0.2, -0.15) is 0 Å². The molecular weight excluding hydrogens is 272 g/mol. The van der Waals surface area contributed by atoms with E-state index in [0.29, 0.717) is 6.54 Å². The van der Waals surface area contributed by atoms with Crippen molar-refractivity contribution in [3.05, 3.63) is 46.2 Å². The van der Waals surface area contributed by atoms with E-state index in [2.05, 4.69) is 20.6 Å². The second-order valence-electron chi connectivity index (χ2n) is 4.43. The predicted molar refractivity (Wildman–Crippen MR) is 79.5 cm³/mol. The monoisotopic (exact) mass is 290 g/mol. The fraction of sp³-hybridized carbons (Fsp3) is 0.357. The van der Waals surface area contributed by atoms with Crippen molar-refractivity contribution >= 4 is 17.4 Å². The van der Waals surface area contributed by atoms with Crippen LogP contribution in [0.5, 0.6) is 0 Å². The quantitative estimate of drug-likeness (QED) is 0.889. The van der Waals surface area contributed by atoms with Gasteiger partial charge in [0.2, 0.25) is 0 Å². The van der Waals surface area contributed by atoms with Crippen LogP contribution in [0.4, 0.5) is 4.79 Å². The maximum atomic E-state index is 11.9. The van der Waals surface area contributed by atoms with Crippen LogP contribution in [0.3, 0.4) is 0 Å². The summed E-state index contributed by atoms with van der Waals surface area (Å²) in [5.41, 5.74) is 3.82. The summed E-state index contributed by atoms with van der Waals surface area (Å²) in [4.78, 5) is 21.2. The average molecular weight is 290 g/mol. The Balaban J connectivity index is 1.88. The van der Waals surface area contributed by atoms with Crippen molar-refractivity contribution in [3.8, 4) is 0 Å². The maximum absolute atomic E-state index is 11.9. The molecule has 0 fully saturated rings. The van der Waals surface area contributed by atoms with Crippen molar-refractivity contribution in [1.82, 2.24) is 20.6 Å². The SMILES string of the molecule is CC[C@@H](NC(=O)NCc1scnc1C)c1ccncc1. The lowest BCUT2D eigenvalue weighted by atomic mass is 10.1. The van der Waals surface area contributed by atoms with Gasteiger partial charge in [-0.1, -0.05) is 6.92 Å². The Kier molecular flexibility index (Phi) is 5.06. The van der Waals surface area contributed by atoms with E-state index in [1.165, 1.54) is 0 Å². The van der Waals surface area contributed by atoms with Crippen molar-refractivity contribution in [1.29, 1.82) is 0 Å². The summed E-state index contributed by atoms with van der Waals surface area (Å²) in [6.45, 7) is 4.49. The summed E-state index contributed by atoms with van der Waals surface area (Å²) in [5.74, 6) is 0. The first-order valence-electron chi connectivity index (χ1n) is 6.54. The van der Waals surface area contributed by atoms with Crippen molar-refractivity contribution in [2.45, 2.75) is 32.9 Å². The molecule has 0 aliphatic rings. The third kappa shape index (κ3) is 3.77. The molecule has 0 saturated heterocycles. The standard InChI is InChI=1S/C14H18N4OS/c1-3-12(11-4-6-15-7-5-11)18-14(19)16-8-13-10(2)17-9-20-13/h4-7,9,12H,3,8H2,1-2H3,(H2,16,18,19)/t12-/m1/s1. The number of nitrogens with zero attached hydrogens (tertiary/aromatic N) is 2. The molecule has 1 atom stereocenters. The Morgan fingerprint density at radius 2 is 2.15 bits per heavy atom. The van der Waals surface area contributed by atoms with E-state index in [9.17, 15) is 4.79 Å². The number of rotatable bonds is 5. The van der Waals surface area contributed by atoms with Gasteiger partial charge in [0.15, 0.2) is 0 Å². The van der Waals surface area contributed by atoms with Crippen molar-refractivity contribution in [2.75, 3.05) is 0 Å². The second-order valence-corrected chi connectivity index (χ2v) is 5.37. The molecule has 5 nitrogen and oxygen atoms in total. The highest BCUT2D eigenvalue weighted by Crippen LogP contribution is 2.15. The van der Waals surface area contributed by atoms with E-state index in [4.69, 9.17) is 0 Å². The molecule has 6 heteroatoms. The second kappa shape index (κ2) is 7.00. The smallest absolute Gasteiger partial charge is 0.315 e. The van der Waals surface area contributed by atoms with Crippen LogP contribution in [0, 0.1) is 6.92 Å². The van der Waals surface area contributed by atoms with E-state index in [1.807, 2.05) is 26.0 Å². The van der Waals surface area contributed by atoms with Gasteiger partial charge in [-0.25, -0.2) is 9.78 Å². The summed E-state index contributed by atoms with van der Waals surface area (Å²) in [5, 5.41) is 5.84. The molecule has 2 aromatic rings. The molecule has 2 rings (SSSR count). The first-order valence-corrected chi connectivity index (χ1v) is 7.42. The first-order chi connectivity index (χ1) is 9.70. The average Bonchev–Trinajstić information content (AvgIpc) is 2.89. The molecule has 2 aromatic heterocycles. The number of amides is 2. The van der Waals surface area contributed by atoms with Crippen molar-refractivity contribution in [3.63, 3.8) is 0 Å². The minimum Gasteiger partial charge on any atom is -0.333 e. The minimum absolute atomic E-state index is 0.000516. The molecule has 20 heavy (non-hydrogen) atoms. The van der Waals surface area contributed by atoms with Gasteiger partial charge >= 0.3 is 6.03 Å². The molecule has 0 spiro atoms. The lowest BCUT2D eigenvalue weighted by Gasteiger charge is -2.17. The van der Waals surface area contributed by atoms with Crippen LogP contribution in [0.25, 0.3) is 0 Å². The zero-order valence-electron chi connectivity index (χ0n) is 11.6. The number of urea groups is 1. The number of nitrogens with one attached hydrogen (secondary N) is 2. The maximum Gasteiger partial charge on any atom is 0.315 e. The highest BCUT2D eigenvalue weighted by atomic mass is 32.1. The molecule has 106 valence electrons. The van der Waals surface area contributed by atoms with Crippen LogP contribution in [0.2, 0.25) is 0 Å². The molecule has 0 unspecified atom stereocenters. The molecule has 2 heterocycles. The summed E-state index contributed by atoms with van der Waals surface area (Å²) < 4.78 is 0. The van der Waals surface area contributed by atoms with Gasteiger partial charge in [-0.15, -0.1) is 11.3 Å². The lowest BCUT2D eigenvalue weighted by molar-refractivity contribution is 0.236. The number of hydrogen-bond acceptors (Lipinski definition) is 4. The van der Waals surface area contributed by atoms with Gasteiger partial charge < -0.3 is 10.6 Å². The van der Waals surface area contributed by atoms with Crippen LogP contribution in [-0.4, -0.2) is 16.0 Å². The van der Waals surface area contributed by atoms with E-state index < -0.39 is 0 Å². The zero-order valence-corrected chi connectivity index (χ0v) is 12.4. The first kappa shape index (κ1) is 14.5. The zero-order chi connectivity index (χ0) is 14.4. The molecule has 0 aliphatic carbocycles. The molecule has 0 radical (unpaired) electrons. The number of carbonyl (C=O) groups excluding carboxylic acids is 1. The van der Waals surface area contributed by atoms with Crippen molar-refractivity contribution < 1.29 is 4.79 Å². The Hall–Kier alpha value is -1.95. The highest BCUT2D eigenvalue weighted by molar-refractivity contribution is 7.09. The van der Waals surface area contributed by atoms with E-state index in [0.717, 1.165) is 22.6 Å². The molecular formula is C14H18N4OS. The summed E-state index contributed by atoms with van der Waals surface area (Å²) in [7, 11) is 0. The number of pyridine rings is 1. The van der Waals surface area contributed by atoms with Crippen molar-refractivity contribution in [2.24, 2.45) is 0 Å². The van der Waals surface area contributed by atoms with Crippen LogP contribution in [0.15, 0.2) is 30.0 Å². The van der Waals surface area contributed by atoms with Gasteiger partial charge in [0, 0.05) is 17.3 Å². The van der Waals surface area contributed by atoms with Gasteiger partial charge in [0.05, 0.1) is 23.8 Å². The van der Waals surface area contributed by atoms with E-state index in [-0.39, 0.29) is 12.1 Å². The van der Waals surface area contributed by atoms with Crippen LogP contribution in [0.1, 0.15) is 35.5 Å². The van der Waals surface area contributed by atoms with Crippen LogP contribution in [-0.2, 0) is 6.54 Å². The Labute approximate surface area is 122 Å². The number of carbonyl (C=O) groups is 1. The molecule has 2 amide bonds. The van der Waals surface area contributed by atoms with Crippen LogP contribution < -0.4 is 10.6 Å². The largest absolute Gasteiger partial charge is 0.333 e. The van der Waals surface area contributed by atoms with Crippen LogP contribution >= 0.6 is 11.3 Å². The number of aryl methyl sites for hydroxylation is 1. The van der Waals surface area contributed by atoms with Gasteiger partial charge in [0.25, 0.3) is 0 Å². The molecule has 0 saturated carbocycles. The summed E-state index contributed by atoms with van der Waals surface area (Å²) >= 11 is 1.55. The topological polar surface area (TPSA) is 66.9 Å². The third-order valence-electron chi connectivity index (χ3n) is 3.08. The molecule has 0 bridgehead atoms. The van der Waals surface area contributed by atoms with E-state index in [1.54, 1.807) is 29.2 Å². The lowest BCUT2D eigenvalue weighted by Crippen LogP contribution is -2.37. The predicted octanol–water partition coefficient (Wildman–Crippen LogP) is 2.80. The highest BCUT2D eigenvalue weighted by Gasteiger charge is 2.12. The number of thiazole rings is 1. The number of aromatic nitrogens is 2. The fourth-order valence-corrected chi connectivity index (χ4v) is 2.60. The fourth-order valence-electron chi connectivity index (χ4n) is 1.88. The number of hydrogen-bond donors (Lipinski definition) is 2. The minimum atomic E-state index is -0.165. The Morgan fingerprint density at radius 1 is 1.40 bits per heavy atom. The van der Waals surface area contributed by atoms with Gasteiger partial charge in [-0.3, -0.25) is 4.98 Å². The molecule has 0 aromatic carbocycles. The normalized spacial score (nSPS) is 11.9. The van der Waals surface area contributed by atoms with Gasteiger partial charge in [0.1, 0.15) is 0 Å².